The predicted molar refractivity (Wildman–Crippen MR) is 62.3 cm³/mol. The molecule has 0 radical (unpaired) electrons. The summed E-state index contributed by atoms with van der Waals surface area (Å²) >= 11 is 5.70. The van der Waals surface area contributed by atoms with E-state index in [2.05, 4.69) is 10.3 Å². The average Bonchev–Trinajstić information content (AvgIpc) is 2.08. The number of nitrogens with zero attached hydrogens (tertiary/aromatic N) is 1. The fraction of sp³-hybridized carbons (Fsp3) is 0.333. The number of nitrogens with one attached hydrogen (secondary N) is 1. The van der Waals surface area contributed by atoms with Crippen LogP contribution in [0.4, 0.5) is 5.69 Å². The molecular formula is C9H11ClN2O3S. The number of carbonyl (C=O) groups excluding carboxylic acids is 1. The molecule has 1 aromatic heterocycles. The highest BCUT2D eigenvalue weighted by Crippen LogP contribution is 2.15. The normalized spacial score (nSPS) is 11.2. The Morgan fingerprint density at radius 2 is 2.19 bits per heavy atom. The van der Waals surface area contributed by atoms with Crippen LogP contribution in [0.3, 0.4) is 0 Å². The Hall–Kier alpha value is -1.14. The lowest BCUT2D eigenvalue weighted by atomic mass is 10.3. The van der Waals surface area contributed by atoms with Gasteiger partial charge in [0.05, 0.1) is 11.9 Å². The molecule has 0 saturated carbocycles. The van der Waals surface area contributed by atoms with Gasteiger partial charge >= 0.3 is 0 Å². The summed E-state index contributed by atoms with van der Waals surface area (Å²) in [5, 5.41) is 2.78. The van der Waals surface area contributed by atoms with Gasteiger partial charge < -0.3 is 5.32 Å². The first-order valence-corrected chi connectivity index (χ1v) is 6.81. The van der Waals surface area contributed by atoms with Gasteiger partial charge in [0.1, 0.15) is 10.9 Å². The summed E-state index contributed by atoms with van der Waals surface area (Å²) in [7, 11) is -3.32. The van der Waals surface area contributed by atoms with Gasteiger partial charge in [0, 0.05) is 6.26 Å². The lowest BCUT2D eigenvalue weighted by Crippen LogP contribution is -2.22. The molecule has 1 heterocycles. The summed E-state index contributed by atoms with van der Waals surface area (Å²) in [5.74, 6) is -1.14. The number of aromatic nitrogens is 1. The zero-order valence-corrected chi connectivity index (χ0v) is 10.4. The summed E-state index contributed by atoms with van der Waals surface area (Å²) in [4.78, 5) is 15.1. The van der Waals surface area contributed by atoms with Crippen molar-refractivity contribution in [1.29, 1.82) is 0 Å². The molecule has 0 aliphatic carbocycles. The van der Waals surface area contributed by atoms with Crippen LogP contribution in [0.25, 0.3) is 0 Å². The number of rotatable bonds is 3. The Kier molecular flexibility index (Phi) is 3.88. The van der Waals surface area contributed by atoms with Crippen molar-refractivity contribution in [2.24, 2.45) is 0 Å². The number of anilines is 1. The molecule has 88 valence electrons. The van der Waals surface area contributed by atoms with E-state index in [-0.39, 0.29) is 0 Å². The van der Waals surface area contributed by atoms with Crippen LogP contribution in [-0.4, -0.2) is 31.3 Å². The molecule has 1 aromatic rings. The first-order chi connectivity index (χ1) is 7.28. The number of aryl methyl sites for hydroxylation is 1. The Morgan fingerprint density at radius 3 is 2.69 bits per heavy atom. The van der Waals surface area contributed by atoms with Gasteiger partial charge in [-0.2, -0.15) is 0 Å². The minimum atomic E-state index is -3.32. The van der Waals surface area contributed by atoms with E-state index in [4.69, 9.17) is 11.6 Å². The summed E-state index contributed by atoms with van der Waals surface area (Å²) in [6, 6.07) is 1.62. The zero-order valence-electron chi connectivity index (χ0n) is 8.82. The van der Waals surface area contributed by atoms with Gasteiger partial charge in [-0.15, -0.1) is 0 Å². The van der Waals surface area contributed by atoms with Crippen LogP contribution in [0.15, 0.2) is 12.3 Å². The fourth-order valence-electron chi connectivity index (χ4n) is 1.06. The van der Waals surface area contributed by atoms with E-state index in [1.165, 1.54) is 6.20 Å². The van der Waals surface area contributed by atoms with Crippen LogP contribution in [0, 0.1) is 6.92 Å². The topological polar surface area (TPSA) is 76.1 Å². The van der Waals surface area contributed by atoms with E-state index >= 15 is 0 Å². The number of sulfone groups is 1. The van der Waals surface area contributed by atoms with Crippen LogP contribution in [0.1, 0.15) is 5.56 Å². The average molecular weight is 263 g/mol. The third-order valence-electron chi connectivity index (χ3n) is 1.69. The van der Waals surface area contributed by atoms with E-state index < -0.39 is 21.5 Å². The standard InChI is InChI=1S/C9H11ClN2O3S/c1-6-3-7(4-11-9(6)10)12-8(13)5-16(2,14)15/h3-4H,5H2,1-2H3,(H,12,13). The number of amides is 1. The molecule has 0 aliphatic heterocycles. The van der Waals surface area contributed by atoms with Crippen molar-refractivity contribution in [3.8, 4) is 0 Å². The van der Waals surface area contributed by atoms with Crippen LogP contribution >= 0.6 is 11.6 Å². The van der Waals surface area contributed by atoms with Gasteiger partial charge in [0.2, 0.25) is 5.91 Å². The van der Waals surface area contributed by atoms with Crippen molar-refractivity contribution >= 4 is 33.0 Å². The van der Waals surface area contributed by atoms with Crippen LogP contribution in [0.2, 0.25) is 5.15 Å². The summed E-state index contributed by atoms with van der Waals surface area (Å²) < 4.78 is 21.7. The Bertz CT molecular complexity index is 513. The molecule has 0 bridgehead atoms. The van der Waals surface area contributed by atoms with Crippen LogP contribution in [-0.2, 0) is 14.6 Å². The van der Waals surface area contributed by atoms with Gasteiger partial charge in [0.25, 0.3) is 0 Å². The second kappa shape index (κ2) is 4.80. The number of halogens is 1. The highest BCUT2D eigenvalue weighted by Gasteiger charge is 2.11. The monoisotopic (exact) mass is 262 g/mol. The van der Waals surface area contributed by atoms with E-state index in [0.29, 0.717) is 16.4 Å². The number of hydrogen-bond acceptors (Lipinski definition) is 4. The molecule has 0 unspecified atom stereocenters. The highest BCUT2D eigenvalue weighted by molar-refractivity contribution is 7.91. The molecule has 0 spiro atoms. The van der Waals surface area contributed by atoms with E-state index in [1.54, 1.807) is 13.0 Å². The van der Waals surface area contributed by atoms with Crippen molar-refractivity contribution < 1.29 is 13.2 Å². The first kappa shape index (κ1) is 12.9. The van der Waals surface area contributed by atoms with Crippen molar-refractivity contribution in [1.82, 2.24) is 4.98 Å². The van der Waals surface area contributed by atoms with Gasteiger partial charge in [-0.3, -0.25) is 4.79 Å². The maximum Gasteiger partial charge on any atom is 0.239 e. The molecule has 1 rings (SSSR count). The van der Waals surface area contributed by atoms with E-state index in [1.807, 2.05) is 0 Å². The SMILES string of the molecule is Cc1cc(NC(=O)CS(C)(=O)=O)cnc1Cl. The second-order valence-electron chi connectivity index (χ2n) is 3.45. The molecule has 0 aliphatic rings. The van der Waals surface area contributed by atoms with Gasteiger partial charge in [-0.1, -0.05) is 11.6 Å². The minimum Gasteiger partial charge on any atom is -0.324 e. The Balaban J connectivity index is 2.74. The molecule has 7 heteroatoms. The number of carbonyl (C=O) groups is 1. The second-order valence-corrected chi connectivity index (χ2v) is 5.95. The van der Waals surface area contributed by atoms with E-state index in [9.17, 15) is 13.2 Å². The molecular weight excluding hydrogens is 252 g/mol. The van der Waals surface area contributed by atoms with Gasteiger partial charge in [-0.25, -0.2) is 13.4 Å². The fourth-order valence-corrected chi connectivity index (χ4v) is 1.71. The van der Waals surface area contributed by atoms with Crippen molar-refractivity contribution in [3.05, 3.63) is 23.0 Å². The van der Waals surface area contributed by atoms with Crippen molar-refractivity contribution in [2.45, 2.75) is 6.92 Å². The molecule has 0 aromatic carbocycles. The molecule has 0 atom stereocenters. The highest BCUT2D eigenvalue weighted by atomic mass is 35.5. The predicted octanol–water partition coefficient (Wildman–Crippen LogP) is 1.03. The minimum absolute atomic E-state index is 0.348. The summed E-state index contributed by atoms with van der Waals surface area (Å²) in [6.45, 7) is 1.74. The largest absolute Gasteiger partial charge is 0.324 e. The Morgan fingerprint density at radius 1 is 1.56 bits per heavy atom. The maximum absolute atomic E-state index is 11.3. The molecule has 1 N–H and O–H groups in total. The molecule has 1 amide bonds. The quantitative estimate of drug-likeness (QED) is 0.826. The van der Waals surface area contributed by atoms with Crippen molar-refractivity contribution in [2.75, 3.05) is 17.3 Å². The van der Waals surface area contributed by atoms with Gasteiger partial charge in [0.15, 0.2) is 9.84 Å². The smallest absolute Gasteiger partial charge is 0.239 e. The lowest BCUT2D eigenvalue weighted by molar-refractivity contribution is -0.113. The lowest BCUT2D eigenvalue weighted by Gasteiger charge is -2.05. The number of pyridine rings is 1. The Labute approximate surface area is 98.8 Å². The number of hydrogen-bond donors (Lipinski definition) is 1. The maximum atomic E-state index is 11.3. The molecule has 16 heavy (non-hydrogen) atoms. The summed E-state index contributed by atoms with van der Waals surface area (Å²) in [6.07, 6.45) is 2.37. The van der Waals surface area contributed by atoms with Crippen LogP contribution in [0.5, 0.6) is 0 Å². The molecule has 0 saturated heterocycles. The van der Waals surface area contributed by atoms with Crippen LogP contribution < -0.4 is 5.32 Å². The third-order valence-corrected chi connectivity index (χ3v) is 2.87. The third kappa shape index (κ3) is 4.16. The van der Waals surface area contributed by atoms with E-state index in [0.717, 1.165) is 6.26 Å². The molecule has 0 fully saturated rings. The zero-order chi connectivity index (χ0) is 12.3. The first-order valence-electron chi connectivity index (χ1n) is 4.37. The van der Waals surface area contributed by atoms with Gasteiger partial charge in [-0.05, 0) is 18.6 Å². The van der Waals surface area contributed by atoms with Crippen molar-refractivity contribution in [3.63, 3.8) is 0 Å². The molecule has 5 nitrogen and oxygen atoms in total. The summed E-state index contributed by atoms with van der Waals surface area (Å²) in [5.41, 5.74) is 1.13.